The monoisotopic (exact) mass is 390 g/mol. The molecule has 3 heterocycles. The van der Waals surface area contributed by atoms with Crippen molar-refractivity contribution in [1.29, 1.82) is 0 Å². The predicted octanol–water partition coefficient (Wildman–Crippen LogP) is 0.807. The minimum Gasteiger partial charge on any atom is -0.352 e. The van der Waals surface area contributed by atoms with Gasteiger partial charge in [-0.2, -0.15) is 0 Å². The van der Waals surface area contributed by atoms with Crippen molar-refractivity contribution in [3.05, 3.63) is 26.7 Å². The Labute approximate surface area is 163 Å². The van der Waals surface area contributed by atoms with E-state index in [2.05, 4.69) is 22.1 Å². The van der Waals surface area contributed by atoms with Gasteiger partial charge in [0.15, 0.2) is 11.2 Å². The van der Waals surface area contributed by atoms with Gasteiger partial charge in [-0.1, -0.05) is 13.3 Å². The number of amides is 1. The average Bonchev–Trinajstić information content (AvgIpc) is 2.99. The third kappa shape index (κ3) is 4.19. The Morgan fingerprint density at radius 1 is 1.29 bits per heavy atom. The molecule has 0 bridgehead atoms. The maximum absolute atomic E-state index is 12.5. The van der Waals surface area contributed by atoms with Crippen molar-refractivity contribution in [2.75, 3.05) is 13.1 Å². The van der Waals surface area contributed by atoms with Crippen LogP contribution in [0.25, 0.3) is 11.2 Å². The number of likely N-dealkylation sites (tertiary alicyclic amines) is 1. The van der Waals surface area contributed by atoms with Crippen molar-refractivity contribution >= 4 is 17.1 Å². The third-order valence-corrected chi connectivity index (χ3v) is 5.29. The zero-order valence-electron chi connectivity index (χ0n) is 17.0. The summed E-state index contributed by atoms with van der Waals surface area (Å²) < 4.78 is 3.48. The molecule has 0 aliphatic carbocycles. The highest BCUT2D eigenvalue weighted by Gasteiger charge is 2.24. The summed E-state index contributed by atoms with van der Waals surface area (Å²) in [4.78, 5) is 45.6. The molecule has 1 saturated heterocycles. The fourth-order valence-electron chi connectivity index (χ4n) is 4.01. The lowest BCUT2D eigenvalue weighted by molar-refractivity contribution is -0.120. The molecule has 154 valence electrons. The van der Waals surface area contributed by atoms with Gasteiger partial charge in [-0.3, -0.25) is 24.0 Å². The average molecular weight is 390 g/mol. The Kier molecular flexibility index (Phi) is 6.33. The molecule has 1 amide bonds. The van der Waals surface area contributed by atoms with E-state index < -0.39 is 5.69 Å². The van der Waals surface area contributed by atoms with Gasteiger partial charge in [-0.25, -0.2) is 9.78 Å². The Bertz CT molecular complexity index is 957. The molecule has 28 heavy (non-hydrogen) atoms. The van der Waals surface area contributed by atoms with E-state index in [1.54, 1.807) is 4.57 Å². The number of carbonyl (C=O) groups excluding carboxylic acids is 1. The zero-order chi connectivity index (χ0) is 20.3. The van der Waals surface area contributed by atoms with E-state index in [0.29, 0.717) is 30.8 Å². The largest absolute Gasteiger partial charge is 0.352 e. The van der Waals surface area contributed by atoms with Crippen molar-refractivity contribution in [2.24, 2.45) is 0 Å². The lowest BCUT2D eigenvalue weighted by Gasteiger charge is -2.32. The number of unbranched alkanes of at least 4 members (excludes halogenated alkanes) is 1. The van der Waals surface area contributed by atoms with Gasteiger partial charge in [0.25, 0.3) is 5.56 Å². The highest BCUT2D eigenvalue weighted by atomic mass is 16.2. The first-order valence-electron chi connectivity index (χ1n) is 10.2. The minimum absolute atomic E-state index is 0.0147. The fourth-order valence-corrected chi connectivity index (χ4v) is 4.01. The quantitative estimate of drug-likeness (QED) is 0.728. The molecule has 1 fully saturated rings. The van der Waals surface area contributed by atoms with E-state index in [1.807, 2.05) is 11.5 Å². The van der Waals surface area contributed by atoms with Gasteiger partial charge in [0, 0.05) is 32.6 Å². The molecule has 1 atom stereocenters. The maximum Gasteiger partial charge on any atom is 0.330 e. The molecule has 2 aromatic heterocycles. The van der Waals surface area contributed by atoms with Crippen LogP contribution in [-0.4, -0.2) is 49.0 Å². The van der Waals surface area contributed by atoms with Gasteiger partial charge in [0.1, 0.15) is 5.82 Å². The van der Waals surface area contributed by atoms with Crippen LogP contribution < -0.4 is 16.6 Å². The highest BCUT2D eigenvalue weighted by molar-refractivity contribution is 5.73. The molecule has 0 radical (unpaired) electrons. The molecule has 0 aromatic carbocycles. The molecule has 3 rings (SSSR count). The summed E-state index contributed by atoms with van der Waals surface area (Å²) in [5.74, 6) is 0.765. The second kappa shape index (κ2) is 8.72. The normalized spacial score (nSPS) is 17.9. The van der Waals surface area contributed by atoms with Crippen LogP contribution in [0, 0.1) is 0 Å². The van der Waals surface area contributed by atoms with E-state index in [4.69, 9.17) is 4.98 Å². The number of aryl methyl sites for hydroxylation is 2. The van der Waals surface area contributed by atoms with Crippen molar-refractivity contribution < 1.29 is 4.79 Å². The lowest BCUT2D eigenvalue weighted by atomic mass is 10.1. The van der Waals surface area contributed by atoms with Gasteiger partial charge in [0.05, 0.1) is 6.54 Å². The molecular weight excluding hydrogens is 360 g/mol. The molecule has 9 nitrogen and oxygen atoms in total. The SMILES string of the molecule is CCCCn1c(=O)[nH]c(=O)c2c1nc(CN1CCCC(NC(C)=O)C1)n2CC. The number of aromatic nitrogens is 4. The molecule has 2 N–H and O–H groups in total. The number of hydrogen-bond acceptors (Lipinski definition) is 5. The van der Waals surface area contributed by atoms with Crippen LogP contribution in [0.3, 0.4) is 0 Å². The number of nitrogens with one attached hydrogen (secondary N) is 2. The van der Waals surface area contributed by atoms with Crippen LogP contribution in [0.5, 0.6) is 0 Å². The number of nitrogens with zero attached hydrogens (tertiary/aromatic N) is 4. The van der Waals surface area contributed by atoms with Crippen LogP contribution in [-0.2, 0) is 24.4 Å². The molecule has 0 saturated carbocycles. The van der Waals surface area contributed by atoms with Crippen LogP contribution in [0.2, 0.25) is 0 Å². The second-order valence-electron chi connectivity index (χ2n) is 7.48. The van der Waals surface area contributed by atoms with Crippen molar-refractivity contribution in [3.8, 4) is 0 Å². The van der Waals surface area contributed by atoms with Gasteiger partial charge in [0.2, 0.25) is 5.91 Å². The fraction of sp³-hybridized carbons (Fsp3) is 0.684. The second-order valence-corrected chi connectivity index (χ2v) is 7.48. The van der Waals surface area contributed by atoms with Crippen molar-refractivity contribution in [3.63, 3.8) is 0 Å². The third-order valence-electron chi connectivity index (χ3n) is 5.29. The number of carbonyl (C=O) groups is 1. The highest BCUT2D eigenvalue weighted by Crippen LogP contribution is 2.17. The number of fused-ring (bicyclic) bond motifs is 1. The van der Waals surface area contributed by atoms with E-state index in [0.717, 1.165) is 44.6 Å². The summed E-state index contributed by atoms with van der Waals surface area (Å²) in [6.45, 7) is 8.97. The van der Waals surface area contributed by atoms with Crippen LogP contribution in [0.15, 0.2) is 9.59 Å². The Hall–Kier alpha value is -2.42. The molecule has 1 unspecified atom stereocenters. The summed E-state index contributed by atoms with van der Waals surface area (Å²) in [7, 11) is 0. The number of hydrogen-bond donors (Lipinski definition) is 2. The number of H-pyrrole nitrogens is 1. The van der Waals surface area contributed by atoms with E-state index >= 15 is 0 Å². The molecule has 1 aliphatic rings. The first-order chi connectivity index (χ1) is 13.4. The Balaban J connectivity index is 1.95. The van der Waals surface area contributed by atoms with Crippen LogP contribution >= 0.6 is 0 Å². The van der Waals surface area contributed by atoms with Crippen LogP contribution in [0.1, 0.15) is 52.3 Å². The zero-order valence-corrected chi connectivity index (χ0v) is 17.0. The summed E-state index contributed by atoms with van der Waals surface area (Å²) in [6.07, 6.45) is 3.77. The van der Waals surface area contributed by atoms with Gasteiger partial charge in [-0.15, -0.1) is 0 Å². The number of imidazole rings is 1. The maximum atomic E-state index is 12.5. The van der Waals surface area contributed by atoms with E-state index in [1.165, 1.54) is 6.92 Å². The Morgan fingerprint density at radius 3 is 2.75 bits per heavy atom. The summed E-state index contributed by atoms with van der Waals surface area (Å²) >= 11 is 0. The summed E-state index contributed by atoms with van der Waals surface area (Å²) in [6, 6.07) is 0.136. The predicted molar refractivity (Wildman–Crippen MR) is 107 cm³/mol. The minimum atomic E-state index is -0.401. The van der Waals surface area contributed by atoms with Crippen LogP contribution in [0.4, 0.5) is 0 Å². The standard InChI is InChI=1S/C19H30N6O3/c1-4-6-10-25-17-16(18(27)22-19(25)28)24(5-2)15(21-17)12-23-9-7-8-14(11-23)20-13(3)26/h14H,4-12H2,1-3H3,(H,20,26)(H,22,27,28). The molecule has 9 heteroatoms. The summed E-state index contributed by atoms with van der Waals surface area (Å²) in [5, 5.41) is 2.99. The number of piperidine rings is 1. The lowest BCUT2D eigenvalue weighted by Crippen LogP contribution is -2.47. The van der Waals surface area contributed by atoms with Crippen molar-refractivity contribution in [2.45, 2.75) is 72.1 Å². The van der Waals surface area contributed by atoms with Gasteiger partial charge < -0.3 is 9.88 Å². The van der Waals surface area contributed by atoms with Crippen molar-refractivity contribution in [1.82, 2.24) is 29.3 Å². The first-order valence-corrected chi connectivity index (χ1v) is 10.2. The molecule has 2 aromatic rings. The molecule has 1 aliphatic heterocycles. The Morgan fingerprint density at radius 2 is 2.07 bits per heavy atom. The number of rotatable bonds is 7. The molecule has 0 spiro atoms. The summed E-state index contributed by atoms with van der Waals surface area (Å²) in [5.41, 5.74) is 0.142. The topological polar surface area (TPSA) is 105 Å². The molecular formula is C19H30N6O3. The van der Waals surface area contributed by atoms with Gasteiger partial charge in [-0.05, 0) is 32.7 Å². The first kappa shape index (κ1) is 20.3. The van der Waals surface area contributed by atoms with E-state index in [9.17, 15) is 14.4 Å². The van der Waals surface area contributed by atoms with Gasteiger partial charge >= 0.3 is 5.69 Å². The number of aromatic amines is 1. The van der Waals surface area contributed by atoms with E-state index in [-0.39, 0.29) is 17.5 Å². The smallest absolute Gasteiger partial charge is 0.330 e.